The summed E-state index contributed by atoms with van der Waals surface area (Å²) < 4.78 is 67.3. The van der Waals surface area contributed by atoms with Gasteiger partial charge in [-0.1, -0.05) is 0 Å². The molecule has 0 aromatic heterocycles. The monoisotopic (exact) mass is 428 g/mol. The fourth-order valence-electron chi connectivity index (χ4n) is 1.07. The zero-order chi connectivity index (χ0) is 15.2. The van der Waals surface area contributed by atoms with E-state index < -0.39 is 46.7 Å². The third-order valence-electron chi connectivity index (χ3n) is 1.82. The van der Waals surface area contributed by atoms with Gasteiger partial charge in [0.15, 0.2) is 0 Å². The van der Waals surface area contributed by atoms with Crippen molar-refractivity contribution < 1.29 is 25.3 Å². The van der Waals surface area contributed by atoms with Crippen LogP contribution >= 0.6 is 44.7 Å². The van der Waals surface area contributed by atoms with Crippen molar-refractivity contribution in [2.45, 2.75) is 19.6 Å². The van der Waals surface area contributed by atoms with Gasteiger partial charge in [-0.25, -0.2) is 25.3 Å². The molecule has 0 spiro atoms. The summed E-state index contributed by atoms with van der Waals surface area (Å²) in [6, 6.07) is 1.16. The summed E-state index contributed by atoms with van der Waals surface area (Å²) in [5.41, 5.74) is 0. The Balaban J connectivity index is 0.00000361. The van der Waals surface area contributed by atoms with Crippen LogP contribution in [-0.2, 0) is 27.2 Å². The molecule has 110 valence electrons. The summed E-state index contributed by atoms with van der Waals surface area (Å²) in [5, 5.41) is 0. The van der Waals surface area contributed by atoms with Crippen LogP contribution in [0.2, 0.25) is 0 Å². The topological polar surface area (TPSA) is 102 Å². The maximum absolute atomic E-state index is 11.3. The van der Waals surface area contributed by atoms with Crippen LogP contribution in [0.15, 0.2) is 31.7 Å². The minimum absolute atomic E-state index is 0. The molecule has 1 rings (SSSR count). The predicted molar refractivity (Wildman–Crippen MR) is 80.0 cm³/mol. The molecule has 0 aliphatic carbocycles. The van der Waals surface area contributed by atoms with E-state index in [0.29, 0.717) is 12.1 Å². The normalized spacial score (nSPS) is 12.8. The Morgan fingerprint density at radius 1 is 0.750 bits per heavy atom. The Hall–Kier alpha value is 1.29. The van der Waals surface area contributed by atoms with Crippen molar-refractivity contribution in [2.75, 3.05) is 0 Å². The van der Waals surface area contributed by atoms with E-state index in [1.54, 1.807) is 0 Å². The average molecular weight is 430 g/mol. The second-order valence-corrected chi connectivity index (χ2v) is 11.2. The van der Waals surface area contributed by atoms with E-state index in [1.165, 1.54) is 0 Å². The van der Waals surface area contributed by atoms with E-state index in [9.17, 15) is 25.3 Å². The summed E-state index contributed by atoms with van der Waals surface area (Å²) >= 11 is 3.68. The second kappa shape index (κ2) is 6.81. The molecular formula is C6H4Cl3NaO6S4. The van der Waals surface area contributed by atoms with E-state index in [4.69, 9.17) is 32.0 Å². The van der Waals surface area contributed by atoms with Crippen LogP contribution in [0.4, 0.5) is 0 Å². The van der Waals surface area contributed by atoms with Crippen molar-refractivity contribution in [3.63, 3.8) is 0 Å². The van der Waals surface area contributed by atoms with Gasteiger partial charge < -0.3 is 0 Å². The molecule has 0 N–H and O–H groups in total. The molecule has 0 radical (unpaired) electrons. The summed E-state index contributed by atoms with van der Waals surface area (Å²) in [5.74, 6) is 0. The summed E-state index contributed by atoms with van der Waals surface area (Å²) in [4.78, 5) is -3.06. The predicted octanol–water partition coefficient (Wildman–Crippen LogP) is 1.11. The van der Waals surface area contributed by atoms with Crippen LogP contribution in [-0.4, -0.2) is 54.8 Å². The number of benzene rings is 1. The Morgan fingerprint density at radius 3 is 1.25 bits per heavy atom. The first kappa shape index (κ1) is 21.3. The van der Waals surface area contributed by atoms with Crippen LogP contribution < -0.4 is 0 Å². The van der Waals surface area contributed by atoms with Gasteiger partial charge in [-0.3, -0.25) is 0 Å². The zero-order valence-corrected chi connectivity index (χ0v) is 14.0. The third-order valence-corrected chi connectivity index (χ3v) is 6.63. The SMILES string of the molecule is O=S(=O)(Cl)c1cc(S(=O)(=O)Cl)c(S)c(S(=O)(=O)Cl)c1.[NaH]. The van der Waals surface area contributed by atoms with Gasteiger partial charge in [0.05, 0.1) is 14.7 Å². The van der Waals surface area contributed by atoms with Crippen molar-refractivity contribution in [1.29, 1.82) is 0 Å². The van der Waals surface area contributed by atoms with E-state index in [0.717, 1.165) is 0 Å². The quantitative estimate of drug-likeness (QED) is 0.439. The van der Waals surface area contributed by atoms with Crippen molar-refractivity contribution in [2.24, 2.45) is 0 Å². The molecule has 0 unspecified atom stereocenters. The third kappa shape index (κ3) is 5.18. The van der Waals surface area contributed by atoms with Crippen molar-refractivity contribution in [3.8, 4) is 0 Å². The van der Waals surface area contributed by atoms with Crippen LogP contribution in [0.5, 0.6) is 0 Å². The molecule has 20 heavy (non-hydrogen) atoms. The number of rotatable bonds is 3. The van der Waals surface area contributed by atoms with Gasteiger partial charge in [-0.15, -0.1) is 12.6 Å². The van der Waals surface area contributed by atoms with Crippen LogP contribution in [0, 0.1) is 0 Å². The van der Waals surface area contributed by atoms with E-state index in [-0.39, 0.29) is 29.6 Å². The second-order valence-electron chi connectivity index (χ2n) is 3.08. The first-order valence-corrected chi connectivity index (χ1v) is 11.3. The average Bonchev–Trinajstić information content (AvgIpc) is 2.11. The van der Waals surface area contributed by atoms with Crippen LogP contribution in [0.25, 0.3) is 0 Å². The number of hydrogen-bond acceptors (Lipinski definition) is 7. The number of hydrogen-bond donors (Lipinski definition) is 1. The molecule has 6 nitrogen and oxygen atoms in total. The Bertz CT molecular complexity index is 792. The fourth-order valence-corrected chi connectivity index (χ4v) is 5.19. The van der Waals surface area contributed by atoms with Gasteiger partial charge in [0.2, 0.25) is 0 Å². The van der Waals surface area contributed by atoms with Gasteiger partial charge in [0.25, 0.3) is 27.2 Å². The molecule has 0 fully saturated rings. The van der Waals surface area contributed by atoms with Crippen LogP contribution in [0.1, 0.15) is 0 Å². The van der Waals surface area contributed by atoms with E-state index in [1.807, 2.05) is 0 Å². The van der Waals surface area contributed by atoms with Gasteiger partial charge in [0, 0.05) is 36.9 Å². The van der Waals surface area contributed by atoms with Crippen molar-refractivity contribution in [1.82, 2.24) is 0 Å². The fraction of sp³-hybridized carbons (Fsp3) is 0. The molecule has 0 heterocycles. The van der Waals surface area contributed by atoms with Crippen LogP contribution in [0.3, 0.4) is 0 Å². The molecule has 0 aliphatic heterocycles. The Morgan fingerprint density at radius 2 is 1.05 bits per heavy atom. The summed E-state index contributed by atoms with van der Waals surface area (Å²) in [7, 11) is 1.85. The number of thiol groups is 1. The van der Waals surface area contributed by atoms with Crippen molar-refractivity contribution >= 4 is 101 Å². The zero-order valence-electron chi connectivity index (χ0n) is 8.41. The maximum atomic E-state index is 11.3. The van der Waals surface area contributed by atoms with Gasteiger partial charge in [-0.2, -0.15) is 0 Å². The van der Waals surface area contributed by atoms with Gasteiger partial charge in [0.1, 0.15) is 0 Å². The molecule has 0 saturated heterocycles. The molecule has 1 aromatic rings. The first-order chi connectivity index (χ1) is 8.24. The molecule has 0 atom stereocenters. The molecule has 0 aliphatic rings. The molecular weight excluding hydrogens is 426 g/mol. The van der Waals surface area contributed by atoms with Crippen molar-refractivity contribution in [3.05, 3.63) is 12.1 Å². The van der Waals surface area contributed by atoms with Gasteiger partial charge in [-0.05, 0) is 12.1 Å². The molecule has 14 heteroatoms. The Kier molecular flexibility index (Phi) is 7.25. The van der Waals surface area contributed by atoms with Gasteiger partial charge >= 0.3 is 29.6 Å². The first-order valence-electron chi connectivity index (χ1n) is 3.95. The minimum atomic E-state index is -4.45. The molecule has 0 bridgehead atoms. The Labute approximate surface area is 156 Å². The summed E-state index contributed by atoms with van der Waals surface area (Å²) in [6.45, 7) is 0. The summed E-state index contributed by atoms with van der Waals surface area (Å²) in [6.07, 6.45) is 0. The van der Waals surface area contributed by atoms with E-state index in [2.05, 4.69) is 12.6 Å². The van der Waals surface area contributed by atoms with E-state index >= 15 is 0 Å². The molecule has 0 amide bonds. The molecule has 0 saturated carbocycles. The molecule has 1 aromatic carbocycles. The number of halogens is 3. The standard InChI is InChI=1S/C6H3Cl3O6S4.Na.H/c7-17(10,11)3-1-4(18(8,12)13)6(16)5(2-3)19(9,14)15;;/h1-2,16H;;.